The second kappa shape index (κ2) is 6.96. The number of carboxylic acids is 1. The Morgan fingerprint density at radius 3 is 2.75 bits per heavy atom. The molecule has 0 aromatic heterocycles. The Hall–Kier alpha value is -3.14. The van der Waals surface area contributed by atoms with E-state index in [4.69, 9.17) is 5.11 Å². The first-order valence-corrected chi connectivity index (χ1v) is 7.43. The first-order chi connectivity index (χ1) is 11.4. The van der Waals surface area contributed by atoms with Gasteiger partial charge in [0.05, 0.1) is 17.2 Å². The second-order valence-electron chi connectivity index (χ2n) is 5.41. The van der Waals surface area contributed by atoms with Gasteiger partial charge in [0.2, 0.25) is 5.91 Å². The molecule has 0 saturated heterocycles. The summed E-state index contributed by atoms with van der Waals surface area (Å²) in [6.45, 7) is 3.72. The van der Waals surface area contributed by atoms with Gasteiger partial charge in [0, 0.05) is 13.0 Å². The molecule has 1 aromatic rings. The molecule has 7 nitrogen and oxygen atoms in total. The third kappa shape index (κ3) is 3.13. The minimum absolute atomic E-state index is 0.0187. The Kier molecular flexibility index (Phi) is 4.99. The molecular weight excluding hydrogens is 310 g/mol. The highest BCUT2D eigenvalue weighted by molar-refractivity contribution is 5.98. The number of rotatable bonds is 3. The first kappa shape index (κ1) is 17.2. The van der Waals surface area contributed by atoms with Crippen molar-refractivity contribution in [2.75, 3.05) is 6.54 Å². The van der Waals surface area contributed by atoms with Crippen molar-refractivity contribution in [2.24, 2.45) is 0 Å². The van der Waals surface area contributed by atoms with Crippen molar-refractivity contribution < 1.29 is 19.5 Å². The predicted molar refractivity (Wildman–Crippen MR) is 85.0 cm³/mol. The molecule has 124 valence electrons. The average molecular weight is 327 g/mol. The fraction of sp³-hybridized carbons (Fsp3) is 0.294. The Morgan fingerprint density at radius 2 is 2.17 bits per heavy atom. The number of nitrogens with one attached hydrogen (secondary N) is 1. The third-order valence-electron chi connectivity index (χ3n) is 3.79. The van der Waals surface area contributed by atoms with Gasteiger partial charge in [-0.15, -0.1) is 0 Å². The molecule has 7 heteroatoms. The van der Waals surface area contributed by atoms with E-state index >= 15 is 0 Å². The van der Waals surface area contributed by atoms with Gasteiger partial charge in [0.1, 0.15) is 6.04 Å². The first-order valence-electron chi connectivity index (χ1n) is 7.43. The van der Waals surface area contributed by atoms with E-state index in [9.17, 15) is 19.6 Å². The van der Waals surface area contributed by atoms with Crippen LogP contribution < -0.4 is 5.32 Å². The SMILES string of the molecule is CCNC(=O)N1C(=O)CC(C)=C(C#N)C1c1cccc(C(=O)O)c1. The molecule has 0 radical (unpaired) electrons. The van der Waals surface area contributed by atoms with E-state index in [1.54, 1.807) is 19.9 Å². The van der Waals surface area contributed by atoms with Gasteiger partial charge in [0.15, 0.2) is 0 Å². The van der Waals surface area contributed by atoms with Crippen LogP contribution in [0.1, 0.15) is 42.2 Å². The van der Waals surface area contributed by atoms with Crippen LogP contribution in [0.25, 0.3) is 0 Å². The average Bonchev–Trinajstić information content (AvgIpc) is 2.54. The lowest BCUT2D eigenvalue weighted by molar-refractivity contribution is -0.129. The van der Waals surface area contributed by atoms with E-state index < -0.39 is 23.9 Å². The van der Waals surface area contributed by atoms with Gasteiger partial charge in [-0.25, -0.2) is 9.59 Å². The highest BCUT2D eigenvalue weighted by Gasteiger charge is 2.38. The van der Waals surface area contributed by atoms with Gasteiger partial charge in [-0.05, 0) is 37.1 Å². The third-order valence-corrected chi connectivity index (χ3v) is 3.79. The van der Waals surface area contributed by atoms with Gasteiger partial charge in [-0.1, -0.05) is 12.1 Å². The van der Waals surface area contributed by atoms with Crippen molar-refractivity contribution >= 4 is 17.9 Å². The summed E-state index contributed by atoms with van der Waals surface area (Å²) >= 11 is 0. The zero-order chi connectivity index (χ0) is 17.9. The number of carboxylic acid groups (broad SMARTS) is 1. The molecule has 0 bridgehead atoms. The van der Waals surface area contributed by atoms with Crippen LogP contribution in [0.15, 0.2) is 35.4 Å². The number of nitriles is 1. The number of nitrogens with zero attached hydrogens (tertiary/aromatic N) is 2. The van der Waals surface area contributed by atoms with Crippen LogP contribution >= 0.6 is 0 Å². The molecule has 0 fully saturated rings. The number of urea groups is 1. The van der Waals surface area contributed by atoms with E-state index in [1.807, 2.05) is 0 Å². The zero-order valence-corrected chi connectivity index (χ0v) is 13.4. The lowest BCUT2D eigenvalue weighted by atomic mass is 9.88. The summed E-state index contributed by atoms with van der Waals surface area (Å²) < 4.78 is 0. The Bertz CT molecular complexity index is 776. The number of hydrogen-bond acceptors (Lipinski definition) is 4. The highest BCUT2D eigenvalue weighted by atomic mass is 16.4. The maximum Gasteiger partial charge on any atom is 0.335 e. The fourth-order valence-corrected chi connectivity index (χ4v) is 2.69. The summed E-state index contributed by atoms with van der Waals surface area (Å²) in [4.78, 5) is 36.9. The van der Waals surface area contributed by atoms with E-state index in [-0.39, 0.29) is 17.6 Å². The normalized spacial score (nSPS) is 17.5. The maximum atomic E-state index is 12.4. The quantitative estimate of drug-likeness (QED) is 0.884. The molecule has 1 aromatic carbocycles. The van der Waals surface area contributed by atoms with Crippen LogP contribution in [0.4, 0.5) is 4.79 Å². The number of aromatic carboxylic acids is 1. The largest absolute Gasteiger partial charge is 0.478 e. The maximum absolute atomic E-state index is 12.4. The monoisotopic (exact) mass is 327 g/mol. The van der Waals surface area contributed by atoms with Gasteiger partial charge in [-0.3, -0.25) is 9.69 Å². The van der Waals surface area contributed by atoms with Crippen LogP contribution in [-0.2, 0) is 4.79 Å². The number of benzene rings is 1. The molecule has 2 rings (SSSR count). The van der Waals surface area contributed by atoms with Crippen LogP contribution in [0.3, 0.4) is 0 Å². The number of carbonyl (C=O) groups excluding carboxylic acids is 2. The van der Waals surface area contributed by atoms with Gasteiger partial charge >= 0.3 is 12.0 Å². The summed E-state index contributed by atoms with van der Waals surface area (Å²) in [5.41, 5.74) is 1.29. The molecule has 2 N–H and O–H groups in total. The van der Waals surface area contributed by atoms with Crippen LogP contribution in [0, 0.1) is 11.3 Å². The second-order valence-corrected chi connectivity index (χ2v) is 5.41. The highest BCUT2D eigenvalue weighted by Crippen LogP contribution is 2.36. The topological polar surface area (TPSA) is 111 Å². The van der Waals surface area contributed by atoms with Gasteiger partial charge < -0.3 is 10.4 Å². The molecule has 3 amide bonds. The summed E-state index contributed by atoms with van der Waals surface area (Å²) in [5, 5.41) is 21.2. The van der Waals surface area contributed by atoms with E-state index in [0.717, 1.165) is 4.90 Å². The minimum atomic E-state index is -1.12. The van der Waals surface area contributed by atoms with E-state index in [2.05, 4.69) is 11.4 Å². The van der Waals surface area contributed by atoms with Crippen molar-refractivity contribution in [3.8, 4) is 6.07 Å². The van der Waals surface area contributed by atoms with Crippen molar-refractivity contribution in [2.45, 2.75) is 26.3 Å². The van der Waals surface area contributed by atoms with Crippen molar-refractivity contribution in [3.63, 3.8) is 0 Å². The molecule has 24 heavy (non-hydrogen) atoms. The number of amides is 3. The molecule has 0 spiro atoms. The lowest BCUT2D eigenvalue weighted by Gasteiger charge is -2.34. The van der Waals surface area contributed by atoms with Gasteiger partial charge in [0.25, 0.3) is 0 Å². The summed E-state index contributed by atoms with van der Waals surface area (Å²) in [5.74, 6) is -1.55. The summed E-state index contributed by atoms with van der Waals surface area (Å²) in [6.07, 6.45) is -0.0187. The van der Waals surface area contributed by atoms with E-state index in [0.29, 0.717) is 17.7 Å². The van der Waals surface area contributed by atoms with Crippen molar-refractivity contribution in [1.29, 1.82) is 5.26 Å². The molecule has 1 heterocycles. The molecule has 1 aliphatic heterocycles. The molecular formula is C17H17N3O4. The van der Waals surface area contributed by atoms with Crippen molar-refractivity contribution in [1.82, 2.24) is 10.2 Å². The number of imide groups is 1. The van der Waals surface area contributed by atoms with Gasteiger partial charge in [-0.2, -0.15) is 5.26 Å². The molecule has 0 aliphatic carbocycles. The molecule has 0 saturated carbocycles. The number of carbonyl (C=O) groups is 3. The standard InChI is InChI=1S/C17H17N3O4/c1-3-19-17(24)20-14(21)7-10(2)13(9-18)15(20)11-5-4-6-12(8-11)16(22)23/h4-6,8,15H,3,7H2,1-2H3,(H,19,24)(H,22,23). The minimum Gasteiger partial charge on any atom is -0.478 e. The molecule has 1 unspecified atom stereocenters. The van der Waals surface area contributed by atoms with E-state index in [1.165, 1.54) is 18.2 Å². The smallest absolute Gasteiger partial charge is 0.335 e. The number of hydrogen-bond donors (Lipinski definition) is 2. The molecule has 1 atom stereocenters. The summed E-state index contributed by atoms with van der Waals surface area (Å²) in [6, 6.07) is 6.44. The van der Waals surface area contributed by atoms with Crippen LogP contribution in [-0.4, -0.2) is 34.5 Å². The Morgan fingerprint density at radius 1 is 1.46 bits per heavy atom. The zero-order valence-electron chi connectivity index (χ0n) is 13.4. The Labute approximate surface area is 139 Å². The lowest BCUT2D eigenvalue weighted by Crippen LogP contribution is -2.48. The van der Waals surface area contributed by atoms with Crippen LogP contribution in [0.5, 0.6) is 0 Å². The summed E-state index contributed by atoms with van der Waals surface area (Å²) in [7, 11) is 0. The van der Waals surface area contributed by atoms with Crippen LogP contribution in [0.2, 0.25) is 0 Å². The fourth-order valence-electron chi connectivity index (χ4n) is 2.69. The predicted octanol–water partition coefficient (Wildman–Crippen LogP) is 2.23. The Balaban J connectivity index is 2.62. The van der Waals surface area contributed by atoms with Crippen molar-refractivity contribution in [3.05, 3.63) is 46.5 Å². The molecule has 1 aliphatic rings.